The van der Waals surface area contributed by atoms with Gasteiger partial charge in [0.25, 0.3) is 0 Å². The highest BCUT2D eigenvalue weighted by Crippen LogP contribution is 2.48. The van der Waals surface area contributed by atoms with E-state index in [-0.39, 0.29) is 18.2 Å². The molecule has 6 heteroatoms. The predicted molar refractivity (Wildman–Crippen MR) is 123 cm³/mol. The number of aliphatic carboxylic acids is 1. The van der Waals surface area contributed by atoms with E-state index in [0.29, 0.717) is 6.54 Å². The maximum absolute atomic E-state index is 14.9. The Labute approximate surface area is 183 Å². The molecule has 0 bridgehead atoms. The SMILES string of the molecule is C/C=C/Sc1c2n(c3cc(F)cc(-c4cccc5cccnc45)c13)CCC2CC(=O)O. The maximum atomic E-state index is 14.9. The lowest BCUT2D eigenvalue weighted by atomic mass is 9.96. The van der Waals surface area contributed by atoms with Crippen molar-refractivity contribution in [2.24, 2.45) is 0 Å². The number of rotatable bonds is 5. The molecule has 1 N–H and O–H groups in total. The van der Waals surface area contributed by atoms with E-state index in [4.69, 9.17) is 0 Å². The summed E-state index contributed by atoms with van der Waals surface area (Å²) in [5.41, 5.74) is 4.32. The lowest BCUT2D eigenvalue weighted by Gasteiger charge is -2.12. The Morgan fingerprint density at radius 2 is 2.13 bits per heavy atom. The van der Waals surface area contributed by atoms with Gasteiger partial charge in [0.05, 0.1) is 17.5 Å². The van der Waals surface area contributed by atoms with Gasteiger partial charge in [-0.05, 0) is 42.5 Å². The van der Waals surface area contributed by atoms with Crippen LogP contribution in [0.4, 0.5) is 4.39 Å². The molecule has 0 saturated carbocycles. The quantitative estimate of drug-likeness (QED) is 0.362. The average molecular weight is 433 g/mol. The third kappa shape index (κ3) is 3.31. The summed E-state index contributed by atoms with van der Waals surface area (Å²) in [5.74, 6) is -1.20. The van der Waals surface area contributed by atoms with E-state index in [1.54, 1.807) is 30.1 Å². The number of hydrogen-bond acceptors (Lipinski definition) is 3. The Morgan fingerprint density at radius 3 is 2.94 bits per heavy atom. The topological polar surface area (TPSA) is 55.1 Å². The molecule has 0 amide bonds. The molecule has 5 rings (SSSR count). The van der Waals surface area contributed by atoms with Crippen molar-refractivity contribution in [2.45, 2.75) is 37.1 Å². The minimum absolute atomic E-state index is 0.0767. The van der Waals surface area contributed by atoms with Crippen LogP contribution in [-0.4, -0.2) is 20.6 Å². The summed E-state index contributed by atoms with van der Waals surface area (Å²) >= 11 is 1.58. The summed E-state index contributed by atoms with van der Waals surface area (Å²) in [5, 5.41) is 13.4. The predicted octanol–water partition coefficient (Wildman–Crippen LogP) is 6.58. The molecule has 2 aromatic carbocycles. The van der Waals surface area contributed by atoms with Crippen molar-refractivity contribution in [1.29, 1.82) is 0 Å². The second kappa shape index (κ2) is 7.85. The molecule has 1 aliphatic heterocycles. The van der Waals surface area contributed by atoms with Crippen LogP contribution in [0.3, 0.4) is 0 Å². The van der Waals surface area contributed by atoms with Crippen molar-refractivity contribution in [2.75, 3.05) is 0 Å². The number of fused-ring (bicyclic) bond motifs is 4. The first-order valence-corrected chi connectivity index (χ1v) is 11.2. The third-order valence-electron chi connectivity index (χ3n) is 5.88. The fraction of sp³-hybridized carbons (Fsp3) is 0.200. The number of aromatic nitrogens is 2. The van der Waals surface area contributed by atoms with Gasteiger partial charge in [0.15, 0.2) is 0 Å². The second-order valence-corrected chi connectivity index (χ2v) is 8.68. The van der Waals surface area contributed by atoms with E-state index in [9.17, 15) is 14.3 Å². The lowest BCUT2D eigenvalue weighted by molar-refractivity contribution is -0.137. The Morgan fingerprint density at radius 1 is 1.29 bits per heavy atom. The van der Waals surface area contributed by atoms with Gasteiger partial charge in [-0.2, -0.15) is 0 Å². The number of nitrogens with zero attached hydrogens (tertiary/aromatic N) is 2. The molecule has 0 spiro atoms. The number of carbonyl (C=O) groups is 1. The van der Waals surface area contributed by atoms with Gasteiger partial charge in [0, 0.05) is 45.6 Å². The number of hydrogen-bond donors (Lipinski definition) is 1. The molecule has 0 fully saturated rings. The second-order valence-electron chi connectivity index (χ2n) is 7.76. The Hall–Kier alpha value is -3.12. The summed E-state index contributed by atoms with van der Waals surface area (Å²) in [6, 6.07) is 13.0. The number of allylic oxidation sites excluding steroid dienone is 1. The molecule has 31 heavy (non-hydrogen) atoms. The maximum Gasteiger partial charge on any atom is 0.304 e. The highest BCUT2D eigenvalue weighted by molar-refractivity contribution is 8.02. The first-order valence-electron chi connectivity index (χ1n) is 10.3. The van der Waals surface area contributed by atoms with Gasteiger partial charge in [-0.25, -0.2) is 4.39 Å². The number of benzene rings is 2. The standard InChI is InChI=1S/C25H21FN2O2S/c1-2-11-31-25-22-19(18-7-3-5-15-6-4-9-27-23(15)18)13-17(26)14-20(22)28-10-8-16(24(25)28)12-21(29)30/h2-7,9,11,13-14,16H,8,10,12H2,1H3,(H,29,30)/b11-2+. The molecule has 0 saturated heterocycles. The molecule has 156 valence electrons. The Kier molecular flexibility index (Phi) is 5.02. The van der Waals surface area contributed by atoms with Gasteiger partial charge in [0.1, 0.15) is 5.82 Å². The molecule has 4 nitrogen and oxygen atoms in total. The number of thioether (sulfide) groups is 1. The minimum atomic E-state index is -0.810. The van der Waals surface area contributed by atoms with Gasteiger partial charge in [-0.3, -0.25) is 9.78 Å². The van der Waals surface area contributed by atoms with Gasteiger partial charge in [-0.15, -0.1) is 0 Å². The van der Waals surface area contributed by atoms with E-state index in [2.05, 4.69) is 9.55 Å². The van der Waals surface area contributed by atoms with Gasteiger partial charge < -0.3 is 9.67 Å². The number of halogens is 1. The van der Waals surface area contributed by atoms with E-state index in [1.807, 2.05) is 48.7 Å². The Bertz CT molecular complexity index is 1350. The van der Waals surface area contributed by atoms with Crippen LogP contribution in [0.25, 0.3) is 32.9 Å². The van der Waals surface area contributed by atoms with Crippen LogP contribution in [0, 0.1) is 5.82 Å². The molecule has 3 heterocycles. The summed E-state index contributed by atoms with van der Waals surface area (Å²) in [6.07, 6.45) is 4.54. The van der Waals surface area contributed by atoms with Crippen molar-refractivity contribution in [3.8, 4) is 11.1 Å². The van der Waals surface area contributed by atoms with Crippen LogP contribution in [0.2, 0.25) is 0 Å². The normalized spacial score (nSPS) is 15.9. The molecular weight excluding hydrogens is 411 g/mol. The Balaban J connectivity index is 1.86. The fourth-order valence-corrected chi connectivity index (χ4v) is 5.69. The number of pyridine rings is 1. The number of para-hydroxylation sites is 1. The minimum Gasteiger partial charge on any atom is -0.481 e. The van der Waals surface area contributed by atoms with Crippen LogP contribution in [0.5, 0.6) is 0 Å². The highest BCUT2D eigenvalue weighted by atomic mass is 32.2. The van der Waals surface area contributed by atoms with Crippen LogP contribution in [0.1, 0.15) is 31.4 Å². The first kappa shape index (κ1) is 19.8. The van der Waals surface area contributed by atoms with Crippen LogP contribution < -0.4 is 0 Å². The summed E-state index contributed by atoms with van der Waals surface area (Å²) in [4.78, 5) is 17.1. The number of carboxylic acid groups (broad SMARTS) is 1. The van der Waals surface area contributed by atoms with Crippen molar-refractivity contribution in [1.82, 2.24) is 9.55 Å². The number of carboxylic acids is 1. The molecule has 4 aromatic rings. The van der Waals surface area contributed by atoms with Crippen molar-refractivity contribution >= 4 is 39.5 Å². The highest BCUT2D eigenvalue weighted by Gasteiger charge is 2.32. The molecule has 1 atom stereocenters. The fourth-order valence-electron chi connectivity index (χ4n) is 4.69. The van der Waals surface area contributed by atoms with E-state index in [1.165, 1.54) is 0 Å². The van der Waals surface area contributed by atoms with Crippen molar-refractivity contribution in [3.05, 3.63) is 71.7 Å². The lowest BCUT2D eigenvalue weighted by Crippen LogP contribution is -2.04. The molecule has 1 aliphatic rings. The van der Waals surface area contributed by atoms with Crippen LogP contribution in [-0.2, 0) is 11.3 Å². The first-order chi connectivity index (χ1) is 15.1. The molecule has 0 aliphatic carbocycles. The monoisotopic (exact) mass is 432 g/mol. The average Bonchev–Trinajstić information content (AvgIpc) is 3.30. The zero-order valence-electron chi connectivity index (χ0n) is 17.0. The van der Waals surface area contributed by atoms with Crippen molar-refractivity contribution in [3.63, 3.8) is 0 Å². The van der Waals surface area contributed by atoms with Gasteiger partial charge in [0.2, 0.25) is 0 Å². The summed E-state index contributed by atoms with van der Waals surface area (Å²) in [7, 11) is 0. The smallest absolute Gasteiger partial charge is 0.304 e. The molecule has 2 aromatic heterocycles. The summed E-state index contributed by atoms with van der Waals surface area (Å²) in [6.45, 7) is 2.65. The van der Waals surface area contributed by atoms with Gasteiger partial charge >= 0.3 is 5.97 Å². The van der Waals surface area contributed by atoms with Crippen LogP contribution in [0.15, 0.2) is 65.0 Å². The summed E-state index contributed by atoms with van der Waals surface area (Å²) < 4.78 is 17.0. The molecule has 1 unspecified atom stereocenters. The zero-order valence-corrected chi connectivity index (χ0v) is 17.8. The number of aryl methyl sites for hydroxylation is 1. The van der Waals surface area contributed by atoms with Crippen molar-refractivity contribution < 1.29 is 14.3 Å². The largest absolute Gasteiger partial charge is 0.481 e. The van der Waals surface area contributed by atoms with E-state index < -0.39 is 5.97 Å². The van der Waals surface area contributed by atoms with Gasteiger partial charge in [-0.1, -0.05) is 42.1 Å². The van der Waals surface area contributed by atoms with E-state index >= 15 is 0 Å². The van der Waals surface area contributed by atoms with Crippen LogP contribution >= 0.6 is 11.8 Å². The third-order valence-corrected chi connectivity index (χ3v) is 6.93. The molecular formula is C25H21FN2O2S. The van der Waals surface area contributed by atoms with E-state index in [0.717, 1.165) is 49.9 Å². The zero-order chi connectivity index (χ0) is 21.5. The molecule has 0 radical (unpaired) electrons.